The highest BCUT2D eigenvalue weighted by atomic mass is 19.4. The predicted molar refractivity (Wildman–Crippen MR) is 163 cm³/mol. The highest BCUT2D eigenvalue weighted by Gasteiger charge is 2.63. The second-order valence-corrected chi connectivity index (χ2v) is 13.2. The number of likely N-dealkylation sites (tertiary alicyclic amines) is 1. The minimum absolute atomic E-state index is 0.0330. The van der Waals surface area contributed by atoms with Gasteiger partial charge in [0.2, 0.25) is 5.78 Å². The highest BCUT2D eigenvalue weighted by Crippen LogP contribution is 2.53. The molecule has 6 N–H and O–H groups in total. The number of carbonyl (C=O) groups excluding carboxylic acids is 3. The molecule has 4 aliphatic rings. The summed E-state index contributed by atoms with van der Waals surface area (Å²) in [6, 6.07) is 9.33. The first-order valence-electron chi connectivity index (χ1n) is 15.4. The number of likely N-dealkylation sites (N-methyl/N-ethyl adjacent to an activating group) is 1. The quantitative estimate of drug-likeness (QED) is 0.303. The van der Waals surface area contributed by atoms with E-state index in [1.807, 2.05) is 29.2 Å². The summed E-state index contributed by atoms with van der Waals surface area (Å²) in [7, 11) is 3.13. The van der Waals surface area contributed by atoms with Gasteiger partial charge in [0.25, 0.3) is 5.91 Å². The van der Waals surface area contributed by atoms with Gasteiger partial charge in [0.1, 0.15) is 22.8 Å². The van der Waals surface area contributed by atoms with Gasteiger partial charge in [-0.25, -0.2) is 0 Å². The van der Waals surface area contributed by atoms with Crippen LogP contribution in [0.1, 0.15) is 40.7 Å². The minimum Gasteiger partial charge on any atom is -0.510 e. The van der Waals surface area contributed by atoms with Crippen LogP contribution in [0.15, 0.2) is 59.1 Å². The second-order valence-electron chi connectivity index (χ2n) is 13.2. The van der Waals surface area contributed by atoms with Crippen molar-refractivity contribution in [3.8, 4) is 16.9 Å². The minimum atomic E-state index is -4.20. The van der Waals surface area contributed by atoms with Crippen molar-refractivity contribution in [2.75, 3.05) is 27.2 Å². The van der Waals surface area contributed by atoms with Gasteiger partial charge < -0.3 is 26.2 Å². The van der Waals surface area contributed by atoms with Gasteiger partial charge in [0, 0.05) is 18.0 Å². The summed E-state index contributed by atoms with van der Waals surface area (Å²) < 4.78 is 39.5. The number of ketones is 2. The molecule has 3 aliphatic carbocycles. The van der Waals surface area contributed by atoms with E-state index in [9.17, 15) is 48.0 Å². The van der Waals surface area contributed by atoms with Gasteiger partial charge >= 0.3 is 6.18 Å². The number of benzene rings is 2. The van der Waals surface area contributed by atoms with Crippen molar-refractivity contribution in [3.63, 3.8) is 0 Å². The summed E-state index contributed by atoms with van der Waals surface area (Å²) >= 11 is 0. The van der Waals surface area contributed by atoms with Gasteiger partial charge in [-0.3, -0.25) is 24.2 Å². The zero-order valence-electron chi connectivity index (χ0n) is 25.8. The molecule has 0 aromatic heterocycles. The number of piperidine rings is 1. The normalized spacial score (nSPS) is 27.2. The van der Waals surface area contributed by atoms with E-state index < -0.39 is 70.1 Å². The average Bonchev–Trinajstić information content (AvgIpc) is 2.99. The number of nitrogens with zero attached hydrogens (tertiary/aromatic N) is 2. The van der Waals surface area contributed by atoms with Crippen LogP contribution in [0.4, 0.5) is 13.2 Å². The molecule has 2 aromatic rings. The van der Waals surface area contributed by atoms with Crippen LogP contribution >= 0.6 is 0 Å². The Morgan fingerprint density at radius 2 is 1.77 bits per heavy atom. The number of aliphatic hydroxyl groups excluding tert-OH is 2. The fourth-order valence-corrected chi connectivity index (χ4v) is 8.03. The lowest BCUT2D eigenvalue weighted by molar-refractivity contribution is -0.185. The zero-order chi connectivity index (χ0) is 34.2. The third-order valence-corrected chi connectivity index (χ3v) is 10.3. The van der Waals surface area contributed by atoms with E-state index in [0.29, 0.717) is 36.3 Å². The first-order chi connectivity index (χ1) is 22.0. The fourth-order valence-electron chi connectivity index (χ4n) is 8.03. The van der Waals surface area contributed by atoms with Gasteiger partial charge in [-0.2, -0.15) is 13.2 Å². The number of halogens is 3. The van der Waals surface area contributed by atoms with Gasteiger partial charge in [-0.15, -0.1) is 0 Å². The maximum Gasteiger partial charge on any atom is 0.391 e. The molecule has 1 aliphatic heterocycles. The lowest BCUT2D eigenvalue weighted by Gasteiger charge is -2.50. The molecule has 4 atom stereocenters. The lowest BCUT2D eigenvalue weighted by Crippen LogP contribution is -2.63. The molecule has 0 radical (unpaired) electrons. The van der Waals surface area contributed by atoms with Crippen molar-refractivity contribution in [3.05, 3.63) is 75.8 Å². The third-order valence-electron chi connectivity index (χ3n) is 10.3. The Kier molecular flexibility index (Phi) is 8.01. The summed E-state index contributed by atoms with van der Waals surface area (Å²) in [5.74, 6) is -8.47. The zero-order valence-corrected chi connectivity index (χ0v) is 25.8. The molecule has 1 saturated heterocycles. The first kappa shape index (κ1) is 32.7. The lowest BCUT2D eigenvalue weighted by atomic mass is 9.58. The standard InChI is InChI=1S/C34H36F3N3O7/c1-39(2)27-22-14-18-13-21-20(17-5-3-4-16(12-17)15-40-10-8-19(9-11-40)34(35,36)37)6-7-23(41)25(21)28(42)24(18)30(44)33(22,47)31(45)26(29(27)43)32(38)46/h3-7,12,18-19,22,27,41,43-44,47H,8-11,13-15H2,1-2H3,(H2,38,46)/t18-,22-,27?,33-/m0/s1. The Labute approximate surface area is 268 Å². The van der Waals surface area contributed by atoms with Gasteiger partial charge in [-0.1, -0.05) is 24.3 Å². The van der Waals surface area contributed by atoms with Crippen LogP contribution in [-0.4, -0.2) is 92.7 Å². The van der Waals surface area contributed by atoms with Crippen LogP contribution in [0.5, 0.6) is 5.75 Å². The number of aliphatic hydroxyl groups is 3. The molecular formula is C34H36F3N3O7. The van der Waals surface area contributed by atoms with E-state index in [0.717, 1.165) is 5.56 Å². The number of fused-ring (bicyclic) bond motifs is 3. The second kappa shape index (κ2) is 11.5. The molecule has 0 bridgehead atoms. The molecule has 1 unspecified atom stereocenters. The monoisotopic (exact) mass is 655 g/mol. The van der Waals surface area contributed by atoms with Crippen molar-refractivity contribution >= 4 is 17.5 Å². The number of allylic oxidation sites excluding steroid dienone is 1. The number of primary amides is 1. The van der Waals surface area contributed by atoms with Crippen molar-refractivity contribution in [2.24, 2.45) is 23.5 Å². The Morgan fingerprint density at radius 3 is 2.38 bits per heavy atom. The summed E-state index contributed by atoms with van der Waals surface area (Å²) in [5, 5.41) is 45.2. The van der Waals surface area contributed by atoms with Gasteiger partial charge in [0.15, 0.2) is 11.4 Å². The Balaban J connectivity index is 1.37. The first-order valence-corrected chi connectivity index (χ1v) is 15.4. The number of rotatable bonds is 5. The summed E-state index contributed by atoms with van der Waals surface area (Å²) in [5.41, 5.74) is 4.16. The van der Waals surface area contributed by atoms with Gasteiger partial charge in [-0.05, 0) is 93.2 Å². The Morgan fingerprint density at radius 1 is 1.09 bits per heavy atom. The summed E-state index contributed by atoms with van der Waals surface area (Å²) in [4.78, 5) is 43.2. The maximum absolute atomic E-state index is 14.1. The Hall–Kier alpha value is -4.20. The molecule has 6 rings (SSSR count). The van der Waals surface area contributed by atoms with E-state index in [4.69, 9.17) is 5.73 Å². The van der Waals surface area contributed by atoms with Crippen molar-refractivity contribution in [1.82, 2.24) is 9.80 Å². The highest BCUT2D eigenvalue weighted by molar-refractivity contribution is 6.24. The number of Topliss-reactive ketones (excluding diaryl/α,β-unsaturated/α-hetero) is 2. The molecule has 2 aromatic carbocycles. The molecule has 47 heavy (non-hydrogen) atoms. The molecule has 0 saturated carbocycles. The number of hydrogen-bond acceptors (Lipinski definition) is 9. The molecule has 0 spiro atoms. The molecule has 1 amide bonds. The molecule has 250 valence electrons. The van der Waals surface area contributed by atoms with Crippen molar-refractivity contribution in [2.45, 2.75) is 50.0 Å². The Bertz CT molecular complexity index is 1740. The van der Waals surface area contributed by atoms with E-state index in [1.165, 1.54) is 11.0 Å². The smallest absolute Gasteiger partial charge is 0.391 e. The number of alkyl halides is 3. The van der Waals surface area contributed by atoms with E-state index in [-0.39, 0.29) is 42.6 Å². The van der Waals surface area contributed by atoms with Crippen LogP contribution in [0, 0.1) is 17.8 Å². The molecule has 1 heterocycles. The molecule has 1 fully saturated rings. The number of aromatic hydroxyl groups is 1. The van der Waals surface area contributed by atoms with Crippen LogP contribution in [0.25, 0.3) is 11.1 Å². The molecule has 10 nitrogen and oxygen atoms in total. The molecular weight excluding hydrogens is 619 g/mol. The molecule has 13 heteroatoms. The van der Waals surface area contributed by atoms with Gasteiger partial charge in [0.05, 0.1) is 17.5 Å². The summed E-state index contributed by atoms with van der Waals surface area (Å²) in [6.07, 6.45) is -4.03. The van der Waals surface area contributed by atoms with E-state index in [1.54, 1.807) is 20.2 Å². The van der Waals surface area contributed by atoms with Crippen LogP contribution in [-0.2, 0) is 22.6 Å². The maximum atomic E-state index is 14.1. The predicted octanol–water partition coefficient (Wildman–Crippen LogP) is 3.56. The summed E-state index contributed by atoms with van der Waals surface area (Å²) in [6.45, 7) is 1.06. The third kappa shape index (κ3) is 5.20. The van der Waals surface area contributed by atoms with Crippen molar-refractivity contribution < 1.29 is 48.0 Å². The number of carbonyl (C=O) groups is 3. The van der Waals surface area contributed by atoms with Crippen molar-refractivity contribution in [1.29, 1.82) is 0 Å². The van der Waals surface area contributed by atoms with E-state index >= 15 is 0 Å². The number of amides is 1. The fraction of sp³-hybridized carbons (Fsp3) is 0.441. The number of hydrogen-bond donors (Lipinski definition) is 5. The number of phenolic OH excluding ortho intramolecular Hbond substituents is 1. The SMILES string of the molecule is CN(C)C1C(O)=C(C(N)=O)C(=O)[C@@]2(O)C(O)=C3C(=O)c4c(O)ccc(-c5cccc(CN6CCC(C(F)(F)F)CC6)c5)c4C[C@H]3C[C@@H]12. The topological polar surface area (TPSA) is 165 Å². The van der Waals surface area contributed by atoms with E-state index in [2.05, 4.69) is 0 Å². The number of nitrogens with two attached hydrogens (primary N) is 1. The van der Waals surface area contributed by atoms with Crippen LogP contribution in [0.2, 0.25) is 0 Å². The average molecular weight is 656 g/mol. The largest absolute Gasteiger partial charge is 0.510 e. The van der Waals surface area contributed by atoms with Crippen LogP contribution < -0.4 is 5.73 Å². The van der Waals surface area contributed by atoms with Crippen LogP contribution in [0.3, 0.4) is 0 Å². The number of phenols is 1.